The topological polar surface area (TPSA) is 0 Å². The summed E-state index contributed by atoms with van der Waals surface area (Å²) in [6.45, 7) is 0. The van der Waals surface area contributed by atoms with Gasteiger partial charge >= 0.3 is 0 Å². The molecule has 0 N–H and O–H groups in total. The van der Waals surface area contributed by atoms with E-state index in [1.165, 1.54) is 9.79 Å². The molecule has 0 aliphatic rings. The van der Waals surface area contributed by atoms with Gasteiger partial charge in [0.15, 0.2) is 0 Å². The number of thioether (sulfide) groups is 1. The Labute approximate surface area is 81.8 Å². The van der Waals surface area contributed by atoms with E-state index in [1.807, 2.05) is 0 Å². The molecule has 3 heteroatoms. The number of benzene rings is 1. The predicted octanol–water partition coefficient (Wildman–Crippen LogP) is 3.85. The van der Waals surface area contributed by atoms with Crippen LogP contribution in [0.3, 0.4) is 0 Å². The van der Waals surface area contributed by atoms with E-state index >= 15 is 0 Å². The Hall–Kier alpha value is 0.650. The zero-order valence-corrected chi connectivity index (χ0v) is 9.29. The molecule has 0 heterocycles. The van der Waals surface area contributed by atoms with Crippen LogP contribution in [-0.2, 0) is 0 Å². The summed E-state index contributed by atoms with van der Waals surface area (Å²) in [7, 11) is 1.77. The van der Waals surface area contributed by atoms with Gasteiger partial charge in [-0.15, -0.1) is 11.8 Å². The van der Waals surface area contributed by atoms with Crippen molar-refractivity contribution >= 4 is 41.9 Å². The van der Waals surface area contributed by atoms with Crippen LogP contribution in [0.5, 0.6) is 0 Å². The summed E-state index contributed by atoms with van der Waals surface area (Å²) in [5.41, 5.74) is 0. The van der Waals surface area contributed by atoms with Gasteiger partial charge in [-0.05, 0) is 18.4 Å². The Morgan fingerprint density at radius 3 is 2.20 bits per heavy atom. The van der Waals surface area contributed by atoms with Gasteiger partial charge in [0.1, 0.15) is 0 Å². The third kappa shape index (κ3) is 2.07. The molecule has 10 heavy (non-hydrogen) atoms. The van der Waals surface area contributed by atoms with Crippen LogP contribution in [0.2, 0.25) is 0 Å². The highest BCUT2D eigenvalue weighted by atomic mass is 127. The molecule has 0 bridgehead atoms. The lowest BCUT2D eigenvalue weighted by molar-refractivity contribution is 1.26. The second kappa shape index (κ2) is 4.51. The molecule has 0 radical (unpaired) electrons. The fourth-order valence-corrected chi connectivity index (χ4v) is 3.42. The summed E-state index contributed by atoms with van der Waals surface area (Å²) in [6, 6.07) is 8.43. The second-order valence-corrected chi connectivity index (χ2v) is 4.49. The number of halogens is 1. The molecule has 0 amide bonds. The molecule has 0 unspecified atom stereocenters. The third-order valence-electron chi connectivity index (χ3n) is 1.15. The minimum absolute atomic E-state index is 1.36. The van der Waals surface area contributed by atoms with Gasteiger partial charge in [0.2, 0.25) is 0 Å². The Bertz CT molecular complexity index is 190. The van der Waals surface area contributed by atoms with Crippen molar-refractivity contribution in [1.82, 2.24) is 0 Å². The van der Waals surface area contributed by atoms with E-state index in [1.54, 1.807) is 20.7 Å². The Kier molecular flexibility index (Phi) is 3.95. The molecule has 0 fully saturated rings. The highest BCUT2D eigenvalue weighted by molar-refractivity contribution is 14.2. The molecule has 54 valence electrons. The molecule has 0 aromatic heterocycles. The summed E-state index contributed by atoms with van der Waals surface area (Å²) in [5, 5.41) is 0. The lowest BCUT2D eigenvalue weighted by Crippen LogP contribution is -1.71. The fourth-order valence-electron chi connectivity index (χ4n) is 0.683. The Morgan fingerprint density at radius 1 is 1.20 bits per heavy atom. The van der Waals surface area contributed by atoms with Crippen molar-refractivity contribution in [3.05, 3.63) is 24.3 Å². The van der Waals surface area contributed by atoms with Gasteiger partial charge < -0.3 is 0 Å². The van der Waals surface area contributed by atoms with Crippen molar-refractivity contribution in [1.29, 1.82) is 0 Å². The highest BCUT2D eigenvalue weighted by Gasteiger charge is 1.96. The SMILES string of the molecule is CSc1ccccc1SI. The first-order chi connectivity index (χ1) is 4.88. The normalized spacial score (nSPS) is 9.80. The van der Waals surface area contributed by atoms with E-state index in [0.717, 1.165) is 0 Å². The average Bonchev–Trinajstić information content (AvgIpc) is 2.04. The minimum atomic E-state index is 1.36. The second-order valence-electron chi connectivity index (χ2n) is 1.73. The summed E-state index contributed by atoms with van der Waals surface area (Å²) in [4.78, 5) is 2.72. The summed E-state index contributed by atoms with van der Waals surface area (Å²) < 4.78 is 0. The van der Waals surface area contributed by atoms with Gasteiger partial charge in [0, 0.05) is 31.0 Å². The number of rotatable bonds is 2. The third-order valence-corrected chi connectivity index (χ3v) is 4.02. The fraction of sp³-hybridized carbons (Fsp3) is 0.143. The minimum Gasteiger partial charge on any atom is -0.128 e. The highest BCUT2D eigenvalue weighted by Crippen LogP contribution is 2.32. The first-order valence-electron chi connectivity index (χ1n) is 2.80. The van der Waals surface area contributed by atoms with Crippen LogP contribution in [0.4, 0.5) is 0 Å². The van der Waals surface area contributed by atoms with Crippen molar-refractivity contribution in [3.63, 3.8) is 0 Å². The van der Waals surface area contributed by atoms with Gasteiger partial charge in [0.25, 0.3) is 0 Å². The summed E-state index contributed by atoms with van der Waals surface area (Å²) >= 11 is 4.10. The van der Waals surface area contributed by atoms with Crippen LogP contribution in [-0.4, -0.2) is 6.26 Å². The van der Waals surface area contributed by atoms with Gasteiger partial charge in [-0.25, -0.2) is 0 Å². The van der Waals surface area contributed by atoms with Crippen LogP contribution in [0, 0.1) is 0 Å². The van der Waals surface area contributed by atoms with Crippen molar-refractivity contribution in [2.24, 2.45) is 0 Å². The molecule has 1 rings (SSSR count). The predicted molar refractivity (Wildman–Crippen MR) is 58.1 cm³/mol. The molecule has 1 aromatic carbocycles. The average molecular weight is 282 g/mol. The standard InChI is InChI=1S/C7H7IS2/c1-9-6-4-2-3-5-7(6)10-8/h2-5H,1H3. The van der Waals surface area contributed by atoms with Crippen LogP contribution in [0.25, 0.3) is 0 Å². The summed E-state index contributed by atoms with van der Waals surface area (Å²) in [6.07, 6.45) is 2.10. The van der Waals surface area contributed by atoms with E-state index in [-0.39, 0.29) is 0 Å². The lowest BCUT2D eigenvalue weighted by atomic mass is 10.4. The first-order valence-corrected chi connectivity index (χ1v) is 7.38. The largest absolute Gasteiger partial charge is 0.128 e. The maximum atomic E-state index is 2.31. The van der Waals surface area contributed by atoms with Crippen LogP contribution >= 0.6 is 41.9 Å². The molecule has 1 aromatic rings. The monoisotopic (exact) mass is 282 g/mol. The van der Waals surface area contributed by atoms with Crippen LogP contribution in [0.1, 0.15) is 0 Å². The van der Waals surface area contributed by atoms with E-state index in [4.69, 9.17) is 0 Å². The van der Waals surface area contributed by atoms with Crippen LogP contribution in [0.15, 0.2) is 34.1 Å². The lowest BCUT2D eigenvalue weighted by Gasteiger charge is -1.99. The molecular formula is C7H7IS2. The molecular weight excluding hydrogens is 275 g/mol. The van der Waals surface area contributed by atoms with Crippen molar-refractivity contribution in [2.45, 2.75) is 9.79 Å². The molecule has 0 atom stereocenters. The van der Waals surface area contributed by atoms with E-state index < -0.39 is 0 Å². The van der Waals surface area contributed by atoms with Gasteiger partial charge in [-0.1, -0.05) is 21.1 Å². The van der Waals surface area contributed by atoms with E-state index in [9.17, 15) is 0 Å². The smallest absolute Gasteiger partial charge is 0.0314 e. The van der Waals surface area contributed by atoms with Crippen molar-refractivity contribution < 1.29 is 0 Å². The molecule has 0 saturated heterocycles. The van der Waals surface area contributed by atoms with Gasteiger partial charge in [0.05, 0.1) is 0 Å². The van der Waals surface area contributed by atoms with Gasteiger partial charge in [-0.3, -0.25) is 0 Å². The zero-order valence-electron chi connectivity index (χ0n) is 5.50. The first kappa shape index (κ1) is 8.74. The van der Waals surface area contributed by atoms with E-state index in [0.29, 0.717) is 0 Å². The van der Waals surface area contributed by atoms with Crippen molar-refractivity contribution in [3.8, 4) is 0 Å². The number of hydrogen-bond acceptors (Lipinski definition) is 2. The molecule has 0 spiro atoms. The Balaban J connectivity index is 2.96. The maximum Gasteiger partial charge on any atom is 0.0314 e. The van der Waals surface area contributed by atoms with Crippen molar-refractivity contribution in [2.75, 3.05) is 6.26 Å². The Morgan fingerprint density at radius 2 is 1.80 bits per heavy atom. The van der Waals surface area contributed by atoms with Gasteiger partial charge in [-0.2, -0.15) is 0 Å². The van der Waals surface area contributed by atoms with Crippen LogP contribution < -0.4 is 0 Å². The summed E-state index contributed by atoms with van der Waals surface area (Å²) in [5.74, 6) is 0. The van der Waals surface area contributed by atoms with E-state index in [2.05, 4.69) is 51.7 Å². The quantitative estimate of drug-likeness (QED) is 0.597. The zero-order chi connectivity index (χ0) is 7.40. The number of hydrogen-bond donors (Lipinski definition) is 0. The molecule has 0 aliphatic carbocycles. The maximum absolute atomic E-state index is 2.31. The molecule has 0 saturated carbocycles. The molecule has 0 aliphatic heterocycles. The molecule has 0 nitrogen and oxygen atoms in total.